The lowest BCUT2D eigenvalue weighted by atomic mass is 10.4. The predicted molar refractivity (Wildman–Crippen MR) is 70.5 cm³/mol. The standard InChI is InChI=1S/C11H26N2O3S/c1-10(2)12-6-5-9-17(15,16)13(7-8-14)11(3)4/h10-12,14H,5-9H2,1-4H3. The summed E-state index contributed by atoms with van der Waals surface area (Å²) < 4.78 is 25.4. The van der Waals surface area contributed by atoms with E-state index in [2.05, 4.69) is 5.32 Å². The van der Waals surface area contributed by atoms with Crippen LogP contribution < -0.4 is 5.32 Å². The van der Waals surface area contributed by atoms with Crippen LogP contribution in [0.15, 0.2) is 0 Å². The van der Waals surface area contributed by atoms with Gasteiger partial charge in [0.2, 0.25) is 10.0 Å². The van der Waals surface area contributed by atoms with Gasteiger partial charge in [0.05, 0.1) is 12.4 Å². The molecule has 0 radical (unpaired) electrons. The van der Waals surface area contributed by atoms with E-state index in [0.717, 1.165) is 0 Å². The molecule has 0 aromatic rings. The molecule has 0 aliphatic heterocycles. The number of sulfonamides is 1. The molecule has 0 aromatic heterocycles. The SMILES string of the molecule is CC(C)NCCCS(=O)(=O)N(CCO)C(C)C. The topological polar surface area (TPSA) is 69.6 Å². The molecule has 6 heteroatoms. The first-order valence-electron chi connectivity index (χ1n) is 6.15. The van der Waals surface area contributed by atoms with E-state index in [4.69, 9.17) is 5.11 Å². The lowest BCUT2D eigenvalue weighted by molar-refractivity contribution is 0.236. The predicted octanol–water partition coefficient (Wildman–Crippen LogP) is 0.407. The molecule has 0 unspecified atom stereocenters. The zero-order chi connectivity index (χ0) is 13.5. The third-order valence-corrected chi connectivity index (χ3v) is 4.51. The summed E-state index contributed by atoms with van der Waals surface area (Å²) >= 11 is 0. The molecule has 2 N–H and O–H groups in total. The van der Waals surface area contributed by atoms with Gasteiger partial charge < -0.3 is 10.4 Å². The largest absolute Gasteiger partial charge is 0.395 e. The van der Waals surface area contributed by atoms with Crippen molar-refractivity contribution in [2.75, 3.05) is 25.4 Å². The number of aliphatic hydroxyl groups is 1. The molecule has 0 aromatic carbocycles. The number of rotatable bonds is 9. The van der Waals surface area contributed by atoms with Crippen molar-refractivity contribution >= 4 is 10.0 Å². The fourth-order valence-corrected chi connectivity index (χ4v) is 3.33. The Morgan fingerprint density at radius 2 is 1.82 bits per heavy atom. The fourth-order valence-electron chi connectivity index (χ4n) is 1.58. The summed E-state index contributed by atoms with van der Waals surface area (Å²) in [5.74, 6) is 0.130. The molecule has 104 valence electrons. The minimum Gasteiger partial charge on any atom is -0.395 e. The highest BCUT2D eigenvalue weighted by Gasteiger charge is 2.23. The molecule has 0 atom stereocenters. The highest BCUT2D eigenvalue weighted by Crippen LogP contribution is 2.08. The average molecular weight is 266 g/mol. The minimum atomic E-state index is -3.25. The van der Waals surface area contributed by atoms with Crippen LogP contribution >= 0.6 is 0 Å². The number of hydrogen-bond acceptors (Lipinski definition) is 4. The first-order chi connectivity index (χ1) is 7.81. The Kier molecular flexibility index (Phi) is 7.94. The third-order valence-electron chi connectivity index (χ3n) is 2.39. The maximum Gasteiger partial charge on any atom is 0.214 e. The van der Waals surface area contributed by atoms with Gasteiger partial charge in [0, 0.05) is 18.6 Å². The summed E-state index contributed by atoms with van der Waals surface area (Å²) in [6.07, 6.45) is 0.592. The summed E-state index contributed by atoms with van der Waals surface area (Å²) in [5.41, 5.74) is 0. The van der Waals surface area contributed by atoms with E-state index in [1.54, 1.807) is 0 Å². The van der Waals surface area contributed by atoms with Gasteiger partial charge in [-0.25, -0.2) is 8.42 Å². The number of aliphatic hydroxyl groups excluding tert-OH is 1. The van der Waals surface area contributed by atoms with Crippen LogP contribution in [0.4, 0.5) is 0 Å². The molecule has 5 nitrogen and oxygen atoms in total. The van der Waals surface area contributed by atoms with Gasteiger partial charge >= 0.3 is 0 Å². The second-order valence-corrected chi connectivity index (χ2v) is 6.75. The Balaban J connectivity index is 4.24. The van der Waals surface area contributed by atoms with Gasteiger partial charge in [-0.2, -0.15) is 4.31 Å². The number of nitrogens with zero attached hydrogens (tertiary/aromatic N) is 1. The Bertz CT molecular complexity index is 289. The summed E-state index contributed by atoms with van der Waals surface area (Å²) in [7, 11) is -3.25. The van der Waals surface area contributed by atoms with E-state index >= 15 is 0 Å². The van der Waals surface area contributed by atoms with Crippen LogP contribution in [0, 0.1) is 0 Å². The lowest BCUT2D eigenvalue weighted by Gasteiger charge is -2.25. The second-order valence-electron chi connectivity index (χ2n) is 4.71. The Morgan fingerprint density at radius 1 is 1.24 bits per heavy atom. The molecule has 0 bridgehead atoms. The van der Waals surface area contributed by atoms with Gasteiger partial charge in [0.1, 0.15) is 0 Å². The van der Waals surface area contributed by atoms with Crippen molar-refractivity contribution in [1.82, 2.24) is 9.62 Å². The van der Waals surface area contributed by atoms with Crippen LogP contribution in [0.2, 0.25) is 0 Å². The summed E-state index contributed by atoms with van der Waals surface area (Å²) in [4.78, 5) is 0. The normalized spacial score (nSPS) is 12.9. The highest BCUT2D eigenvalue weighted by atomic mass is 32.2. The summed E-state index contributed by atoms with van der Waals surface area (Å²) in [5, 5.41) is 12.1. The van der Waals surface area contributed by atoms with Crippen molar-refractivity contribution in [3.63, 3.8) is 0 Å². The van der Waals surface area contributed by atoms with Crippen molar-refractivity contribution in [1.29, 1.82) is 0 Å². The van der Waals surface area contributed by atoms with Crippen LogP contribution in [0.25, 0.3) is 0 Å². The van der Waals surface area contributed by atoms with Crippen LogP contribution in [-0.2, 0) is 10.0 Å². The smallest absolute Gasteiger partial charge is 0.214 e. The molecule has 0 aliphatic rings. The van der Waals surface area contributed by atoms with E-state index in [1.165, 1.54) is 4.31 Å². The molecule has 0 fully saturated rings. The Hall–Kier alpha value is -0.170. The first kappa shape index (κ1) is 16.8. The van der Waals surface area contributed by atoms with Gasteiger partial charge in [-0.05, 0) is 26.8 Å². The van der Waals surface area contributed by atoms with Crippen LogP contribution in [0.5, 0.6) is 0 Å². The van der Waals surface area contributed by atoms with E-state index in [9.17, 15) is 8.42 Å². The molecule has 0 spiro atoms. The quantitative estimate of drug-likeness (QED) is 0.593. The van der Waals surface area contributed by atoms with Crippen LogP contribution in [0.1, 0.15) is 34.1 Å². The molecule has 0 saturated carbocycles. The van der Waals surface area contributed by atoms with Crippen LogP contribution in [0.3, 0.4) is 0 Å². The molecule has 0 aliphatic carbocycles. The maximum absolute atomic E-state index is 12.0. The average Bonchev–Trinajstić information content (AvgIpc) is 2.20. The lowest BCUT2D eigenvalue weighted by Crippen LogP contribution is -2.41. The Morgan fingerprint density at radius 3 is 2.24 bits per heavy atom. The van der Waals surface area contributed by atoms with Crippen molar-refractivity contribution in [2.45, 2.75) is 46.2 Å². The van der Waals surface area contributed by atoms with E-state index in [0.29, 0.717) is 19.0 Å². The van der Waals surface area contributed by atoms with Gasteiger partial charge in [0.25, 0.3) is 0 Å². The fraction of sp³-hybridized carbons (Fsp3) is 1.00. The molecule has 0 rings (SSSR count). The molecule has 0 amide bonds. The van der Waals surface area contributed by atoms with E-state index in [1.807, 2.05) is 27.7 Å². The van der Waals surface area contributed by atoms with Crippen molar-refractivity contribution in [2.24, 2.45) is 0 Å². The van der Waals surface area contributed by atoms with Crippen molar-refractivity contribution in [3.05, 3.63) is 0 Å². The highest BCUT2D eigenvalue weighted by molar-refractivity contribution is 7.89. The van der Waals surface area contributed by atoms with Crippen molar-refractivity contribution in [3.8, 4) is 0 Å². The van der Waals surface area contributed by atoms with Crippen LogP contribution in [-0.4, -0.2) is 55.4 Å². The molecule has 0 saturated heterocycles. The Labute approximate surface area is 105 Å². The third kappa shape index (κ3) is 6.98. The maximum atomic E-state index is 12.0. The van der Waals surface area contributed by atoms with Crippen molar-refractivity contribution < 1.29 is 13.5 Å². The number of nitrogens with one attached hydrogen (secondary N) is 1. The van der Waals surface area contributed by atoms with Gasteiger partial charge in [-0.15, -0.1) is 0 Å². The summed E-state index contributed by atoms with van der Waals surface area (Å²) in [6.45, 7) is 8.43. The van der Waals surface area contributed by atoms with Gasteiger partial charge in [-0.1, -0.05) is 13.8 Å². The second kappa shape index (κ2) is 8.02. The number of hydrogen-bond donors (Lipinski definition) is 2. The monoisotopic (exact) mass is 266 g/mol. The zero-order valence-corrected chi connectivity index (χ0v) is 12.1. The molecule has 0 heterocycles. The molecular weight excluding hydrogens is 240 g/mol. The zero-order valence-electron chi connectivity index (χ0n) is 11.3. The summed E-state index contributed by atoms with van der Waals surface area (Å²) in [6, 6.07) is 0.265. The first-order valence-corrected chi connectivity index (χ1v) is 7.76. The van der Waals surface area contributed by atoms with E-state index < -0.39 is 10.0 Å². The van der Waals surface area contributed by atoms with Gasteiger partial charge in [0.15, 0.2) is 0 Å². The molecule has 17 heavy (non-hydrogen) atoms. The van der Waals surface area contributed by atoms with Gasteiger partial charge in [-0.3, -0.25) is 0 Å². The molecular formula is C11H26N2O3S. The minimum absolute atomic E-state index is 0.106. The van der Waals surface area contributed by atoms with E-state index in [-0.39, 0.29) is 24.9 Å².